The van der Waals surface area contributed by atoms with Crippen LogP contribution in [0.15, 0.2) is 6.07 Å². The summed E-state index contributed by atoms with van der Waals surface area (Å²) in [6, 6.07) is 1.74. The fourth-order valence-corrected chi connectivity index (χ4v) is 1.41. The molecule has 0 aliphatic carbocycles. The van der Waals surface area contributed by atoms with Crippen LogP contribution in [0.2, 0.25) is 0 Å². The van der Waals surface area contributed by atoms with Crippen molar-refractivity contribution in [3.63, 3.8) is 0 Å². The lowest BCUT2D eigenvalue weighted by molar-refractivity contribution is 0.312. The Morgan fingerprint density at radius 3 is 1.93 bits per heavy atom. The molecule has 1 rings (SSSR count). The van der Waals surface area contributed by atoms with Gasteiger partial charge in [0, 0.05) is 17.2 Å². The molecule has 0 radical (unpaired) electrons. The second-order valence-corrected chi connectivity index (χ2v) is 5.72. The Morgan fingerprint density at radius 2 is 1.64 bits per heavy atom. The van der Waals surface area contributed by atoms with Gasteiger partial charge in [-0.25, -0.2) is 0 Å². The zero-order chi connectivity index (χ0) is 11.1. The van der Waals surface area contributed by atoms with Crippen molar-refractivity contribution in [1.82, 2.24) is 9.78 Å². The lowest BCUT2D eigenvalue weighted by Gasteiger charge is -2.28. The van der Waals surface area contributed by atoms with E-state index in [1.807, 2.05) is 4.68 Å². The molecule has 1 aromatic rings. The maximum absolute atomic E-state index is 9.43. The van der Waals surface area contributed by atoms with Crippen molar-refractivity contribution in [3.8, 4) is 5.88 Å². The first-order valence-electron chi connectivity index (χ1n) is 4.92. The van der Waals surface area contributed by atoms with E-state index in [0.29, 0.717) is 0 Å². The second kappa shape index (κ2) is 3.01. The van der Waals surface area contributed by atoms with E-state index < -0.39 is 0 Å². The van der Waals surface area contributed by atoms with Crippen LogP contribution < -0.4 is 0 Å². The topological polar surface area (TPSA) is 38.1 Å². The average molecular weight is 196 g/mol. The highest BCUT2D eigenvalue weighted by Gasteiger charge is 2.26. The van der Waals surface area contributed by atoms with Crippen molar-refractivity contribution in [1.29, 1.82) is 0 Å². The SMILES string of the molecule is CC(C)(C)c1cc(O)nn1C(C)(C)C. The average Bonchev–Trinajstić information content (AvgIpc) is 2.27. The molecule has 0 atom stereocenters. The number of nitrogens with zero attached hydrogens (tertiary/aromatic N) is 2. The largest absolute Gasteiger partial charge is 0.492 e. The summed E-state index contributed by atoms with van der Waals surface area (Å²) in [5, 5.41) is 13.5. The normalized spacial score (nSPS) is 13.3. The molecule has 1 aromatic heterocycles. The van der Waals surface area contributed by atoms with Gasteiger partial charge < -0.3 is 5.11 Å². The molecule has 0 fully saturated rings. The Bertz CT molecular complexity index is 295. The molecule has 3 heteroatoms. The summed E-state index contributed by atoms with van der Waals surface area (Å²) < 4.78 is 1.89. The quantitative estimate of drug-likeness (QED) is 0.692. The molecule has 0 aliphatic rings. The summed E-state index contributed by atoms with van der Waals surface area (Å²) in [6.07, 6.45) is 0. The number of rotatable bonds is 0. The van der Waals surface area contributed by atoms with E-state index >= 15 is 0 Å². The number of hydrogen-bond donors (Lipinski definition) is 1. The molecule has 0 amide bonds. The van der Waals surface area contributed by atoms with Crippen LogP contribution in [0, 0.1) is 0 Å². The fourth-order valence-electron chi connectivity index (χ4n) is 1.41. The summed E-state index contributed by atoms with van der Waals surface area (Å²) in [5.41, 5.74) is 0.965. The monoisotopic (exact) mass is 196 g/mol. The van der Waals surface area contributed by atoms with Crippen molar-refractivity contribution < 1.29 is 5.11 Å². The molecule has 0 bridgehead atoms. The van der Waals surface area contributed by atoms with Gasteiger partial charge in [0.1, 0.15) is 0 Å². The lowest BCUT2D eigenvalue weighted by Crippen LogP contribution is -2.29. The van der Waals surface area contributed by atoms with Crippen LogP contribution >= 0.6 is 0 Å². The summed E-state index contributed by atoms with van der Waals surface area (Å²) in [7, 11) is 0. The summed E-state index contributed by atoms with van der Waals surface area (Å²) >= 11 is 0. The third-order valence-electron chi connectivity index (χ3n) is 2.10. The molecule has 0 aromatic carbocycles. The van der Waals surface area contributed by atoms with Crippen LogP contribution in [0.5, 0.6) is 5.88 Å². The van der Waals surface area contributed by atoms with Gasteiger partial charge in [-0.15, -0.1) is 5.10 Å². The fraction of sp³-hybridized carbons (Fsp3) is 0.727. The van der Waals surface area contributed by atoms with Crippen molar-refractivity contribution in [2.24, 2.45) is 0 Å². The van der Waals surface area contributed by atoms with E-state index in [1.54, 1.807) is 6.07 Å². The molecule has 1 heterocycles. The van der Waals surface area contributed by atoms with Gasteiger partial charge in [0.2, 0.25) is 5.88 Å². The van der Waals surface area contributed by atoms with E-state index in [-0.39, 0.29) is 16.8 Å². The number of aromatic nitrogens is 2. The molecule has 3 nitrogen and oxygen atoms in total. The van der Waals surface area contributed by atoms with Crippen LogP contribution in [0.3, 0.4) is 0 Å². The lowest BCUT2D eigenvalue weighted by atomic mass is 9.91. The van der Waals surface area contributed by atoms with E-state index in [0.717, 1.165) is 5.69 Å². The minimum Gasteiger partial charge on any atom is -0.492 e. The van der Waals surface area contributed by atoms with Gasteiger partial charge in [-0.1, -0.05) is 20.8 Å². The number of aromatic hydroxyl groups is 1. The van der Waals surface area contributed by atoms with Crippen LogP contribution in [0.1, 0.15) is 47.2 Å². The summed E-state index contributed by atoms with van der Waals surface area (Å²) in [6.45, 7) is 12.6. The summed E-state index contributed by atoms with van der Waals surface area (Å²) in [4.78, 5) is 0. The molecular formula is C11H20N2O. The Balaban J connectivity index is 3.31. The van der Waals surface area contributed by atoms with E-state index in [9.17, 15) is 5.11 Å². The van der Waals surface area contributed by atoms with Crippen LogP contribution in [-0.2, 0) is 11.0 Å². The standard InChI is InChI=1S/C11H20N2O/c1-10(2,3)8-7-9(14)12-13(8)11(4,5)6/h7H,1-6H3,(H,12,14). The zero-order valence-electron chi connectivity index (χ0n) is 9.92. The Kier molecular flexibility index (Phi) is 2.38. The van der Waals surface area contributed by atoms with E-state index in [2.05, 4.69) is 46.6 Å². The number of hydrogen-bond acceptors (Lipinski definition) is 2. The highest BCUT2D eigenvalue weighted by molar-refractivity contribution is 5.22. The first-order chi connectivity index (χ1) is 6.12. The second-order valence-electron chi connectivity index (χ2n) is 5.72. The van der Waals surface area contributed by atoms with Gasteiger partial charge in [0.25, 0.3) is 0 Å². The van der Waals surface area contributed by atoms with Crippen molar-refractivity contribution >= 4 is 0 Å². The molecule has 0 saturated heterocycles. The molecule has 0 aliphatic heterocycles. The van der Waals surface area contributed by atoms with Crippen molar-refractivity contribution in [2.75, 3.05) is 0 Å². The molecule has 80 valence electrons. The first kappa shape index (κ1) is 11.1. The van der Waals surface area contributed by atoms with Gasteiger partial charge in [-0.05, 0) is 20.8 Å². The third-order valence-corrected chi connectivity index (χ3v) is 2.10. The minimum atomic E-state index is -0.0937. The minimum absolute atomic E-state index is 0.00125. The van der Waals surface area contributed by atoms with Gasteiger partial charge in [0.05, 0.1) is 5.54 Å². The van der Waals surface area contributed by atoms with E-state index in [4.69, 9.17) is 0 Å². The molecule has 1 N–H and O–H groups in total. The van der Waals surface area contributed by atoms with Gasteiger partial charge in [-0.2, -0.15) is 0 Å². The Hall–Kier alpha value is -0.990. The van der Waals surface area contributed by atoms with Crippen LogP contribution in [0.4, 0.5) is 0 Å². The molecule has 14 heavy (non-hydrogen) atoms. The van der Waals surface area contributed by atoms with Crippen molar-refractivity contribution in [3.05, 3.63) is 11.8 Å². The highest BCUT2D eigenvalue weighted by Crippen LogP contribution is 2.29. The predicted molar refractivity (Wildman–Crippen MR) is 57.6 cm³/mol. The predicted octanol–water partition coefficient (Wildman–Crippen LogP) is 2.64. The molecule has 0 spiro atoms. The van der Waals surface area contributed by atoms with Crippen molar-refractivity contribution in [2.45, 2.75) is 52.5 Å². The van der Waals surface area contributed by atoms with Crippen LogP contribution in [0.25, 0.3) is 0 Å². The van der Waals surface area contributed by atoms with Gasteiger partial charge in [-0.3, -0.25) is 4.68 Å². The zero-order valence-corrected chi connectivity index (χ0v) is 9.92. The smallest absolute Gasteiger partial charge is 0.230 e. The molecular weight excluding hydrogens is 176 g/mol. The Labute approximate surface area is 85.8 Å². The summed E-state index contributed by atoms with van der Waals surface area (Å²) in [5.74, 6) is 0.102. The van der Waals surface area contributed by atoms with Gasteiger partial charge >= 0.3 is 0 Å². The van der Waals surface area contributed by atoms with E-state index in [1.165, 1.54) is 0 Å². The maximum atomic E-state index is 9.43. The highest BCUT2D eigenvalue weighted by atomic mass is 16.3. The maximum Gasteiger partial charge on any atom is 0.230 e. The van der Waals surface area contributed by atoms with Gasteiger partial charge in [0.15, 0.2) is 0 Å². The Morgan fingerprint density at radius 1 is 1.14 bits per heavy atom. The molecule has 0 unspecified atom stereocenters. The first-order valence-corrected chi connectivity index (χ1v) is 4.92. The molecule has 0 saturated carbocycles. The van der Waals surface area contributed by atoms with Crippen LogP contribution in [-0.4, -0.2) is 14.9 Å². The third kappa shape index (κ3) is 2.08.